The molecule has 1 aliphatic rings. The predicted octanol–water partition coefficient (Wildman–Crippen LogP) is 0.991. The maximum atomic E-state index is 12.1. The second-order valence-electron chi connectivity index (χ2n) is 7.86. The first-order valence-electron chi connectivity index (χ1n) is 9.99. The molecule has 0 bridgehead atoms. The lowest BCUT2D eigenvalue weighted by Crippen LogP contribution is -2.51. The quantitative estimate of drug-likeness (QED) is 0.408. The molecule has 0 aliphatic carbocycles. The number of aliphatic imine (C=N–C) groups is 1. The Hall–Kier alpha value is -2.29. The van der Waals surface area contributed by atoms with Gasteiger partial charge in [0.1, 0.15) is 5.60 Å². The van der Waals surface area contributed by atoms with Crippen LogP contribution in [-0.2, 0) is 11.3 Å². The molecule has 0 unspecified atom stereocenters. The van der Waals surface area contributed by atoms with Crippen LogP contribution in [0.15, 0.2) is 23.5 Å². The van der Waals surface area contributed by atoms with Crippen molar-refractivity contribution < 1.29 is 9.53 Å². The molecule has 0 saturated carbocycles. The van der Waals surface area contributed by atoms with Crippen molar-refractivity contribution in [1.29, 1.82) is 0 Å². The summed E-state index contributed by atoms with van der Waals surface area (Å²) >= 11 is 0. The largest absolute Gasteiger partial charge is 0.444 e. The Bertz CT molecular complexity index is 602. The molecule has 1 aromatic heterocycles. The Kier molecular flexibility index (Phi) is 8.56. The maximum Gasteiger partial charge on any atom is 0.410 e. The maximum absolute atomic E-state index is 12.1. The summed E-state index contributed by atoms with van der Waals surface area (Å²) in [4.78, 5) is 20.5. The highest BCUT2D eigenvalue weighted by Gasteiger charge is 2.25. The van der Waals surface area contributed by atoms with E-state index in [1.54, 1.807) is 18.1 Å². The molecular weight excluding hydrogens is 358 g/mol. The van der Waals surface area contributed by atoms with E-state index >= 15 is 0 Å². The molecule has 2 heterocycles. The molecule has 1 fully saturated rings. The van der Waals surface area contributed by atoms with Crippen molar-refractivity contribution in [1.82, 2.24) is 30.2 Å². The van der Waals surface area contributed by atoms with Crippen LogP contribution in [0, 0.1) is 0 Å². The molecule has 0 spiro atoms. The minimum atomic E-state index is -0.445. The van der Waals surface area contributed by atoms with Crippen LogP contribution in [0.2, 0.25) is 0 Å². The van der Waals surface area contributed by atoms with E-state index in [1.807, 2.05) is 37.7 Å². The van der Waals surface area contributed by atoms with Crippen LogP contribution >= 0.6 is 0 Å². The van der Waals surface area contributed by atoms with Crippen LogP contribution in [-0.4, -0.2) is 90.1 Å². The lowest BCUT2D eigenvalue weighted by Gasteiger charge is -2.35. The molecule has 158 valence electrons. The molecule has 1 aliphatic heterocycles. The van der Waals surface area contributed by atoms with E-state index in [0.29, 0.717) is 13.1 Å². The number of aromatic nitrogens is 2. The summed E-state index contributed by atoms with van der Waals surface area (Å²) in [6, 6.07) is 1.93. The molecule has 28 heavy (non-hydrogen) atoms. The van der Waals surface area contributed by atoms with Crippen LogP contribution in [0.1, 0.15) is 27.2 Å². The van der Waals surface area contributed by atoms with Gasteiger partial charge < -0.3 is 20.3 Å². The molecule has 0 radical (unpaired) electrons. The summed E-state index contributed by atoms with van der Waals surface area (Å²) in [7, 11) is 1.78. The normalized spacial score (nSPS) is 16.1. The molecule has 1 aromatic rings. The van der Waals surface area contributed by atoms with Crippen LogP contribution in [0.4, 0.5) is 4.79 Å². The zero-order valence-electron chi connectivity index (χ0n) is 17.6. The van der Waals surface area contributed by atoms with Gasteiger partial charge in [0.25, 0.3) is 0 Å². The van der Waals surface area contributed by atoms with E-state index < -0.39 is 5.60 Å². The fourth-order valence-electron chi connectivity index (χ4n) is 2.91. The van der Waals surface area contributed by atoms with Crippen molar-refractivity contribution in [3.63, 3.8) is 0 Å². The number of nitrogens with zero attached hydrogens (tertiary/aromatic N) is 5. The third-order valence-corrected chi connectivity index (χ3v) is 4.38. The SMILES string of the molecule is CN=C(NCCCn1cccn1)NCCN1CCN(C(=O)OC(C)(C)C)CC1. The van der Waals surface area contributed by atoms with E-state index in [1.165, 1.54) is 0 Å². The first-order chi connectivity index (χ1) is 13.4. The van der Waals surface area contributed by atoms with Crippen molar-refractivity contribution in [3.05, 3.63) is 18.5 Å². The minimum Gasteiger partial charge on any atom is -0.444 e. The van der Waals surface area contributed by atoms with Gasteiger partial charge >= 0.3 is 6.09 Å². The van der Waals surface area contributed by atoms with Crippen molar-refractivity contribution >= 4 is 12.1 Å². The van der Waals surface area contributed by atoms with Crippen LogP contribution < -0.4 is 10.6 Å². The fraction of sp³-hybridized carbons (Fsp3) is 0.737. The average Bonchev–Trinajstić information content (AvgIpc) is 3.16. The van der Waals surface area contributed by atoms with Gasteiger partial charge in [-0.1, -0.05) is 0 Å². The Balaban J connectivity index is 1.56. The van der Waals surface area contributed by atoms with Crippen LogP contribution in [0.5, 0.6) is 0 Å². The summed E-state index contributed by atoms with van der Waals surface area (Å²) in [5, 5.41) is 10.9. The highest BCUT2D eigenvalue weighted by molar-refractivity contribution is 5.79. The standard InChI is InChI=1S/C19H35N7O2/c1-19(2,3)28-18(27)25-15-13-24(14-16-25)12-9-22-17(20-4)21-7-5-10-26-11-6-8-23-26/h6,8,11H,5,7,9-10,12-16H2,1-4H3,(H2,20,21,22). The molecule has 9 nitrogen and oxygen atoms in total. The Morgan fingerprint density at radius 2 is 1.86 bits per heavy atom. The van der Waals surface area contributed by atoms with Gasteiger partial charge in [0, 0.05) is 71.8 Å². The molecular formula is C19H35N7O2. The number of guanidine groups is 1. The van der Waals surface area contributed by atoms with Gasteiger partial charge in [-0.2, -0.15) is 5.10 Å². The number of nitrogens with one attached hydrogen (secondary N) is 2. The molecule has 1 amide bonds. The zero-order chi connectivity index (χ0) is 20.4. The Morgan fingerprint density at radius 1 is 1.14 bits per heavy atom. The molecule has 2 rings (SSSR count). The van der Waals surface area contributed by atoms with E-state index in [2.05, 4.69) is 25.6 Å². The highest BCUT2D eigenvalue weighted by Crippen LogP contribution is 2.11. The number of hydrogen-bond acceptors (Lipinski definition) is 5. The van der Waals surface area contributed by atoms with Crippen LogP contribution in [0.25, 0.3) is 0 Å². The smallest absolute Gasteiger partial charge is 0.410 e. The predicted molar refractivity (Wildman–Crippen MR) is 110 cm³/mol. The number of carbonyl (C=O) groups is 1. The lowest BCUT2D eigenvalue weighted by molar-refractivity contribution is 0.0147. The minimum absolute atomic E-state index is 0.218. The molecule has 0 atom stereocenters. The lowest BCUT2D eigenvalue weighted by atomic mass is 10.2. The number of amides is 1. The van der Waals surface area contributed by atoms with Gasteiger partial charge in [0.2, 0.25) is 0 Å². The summed E-state index contributed by atoms with van der Waals surface area (Å²) < 4.78 is 7.36. The van der Waals surface area contributed by atoms with Gasteiger partial charge in [0.15, 0.2) is 5.96 Å². The summed E-state index contributed by atoms with van der Waals surface area (Å²) in [6.45, 7) is 12.3. The van der Waals surface area contributed by atoms with E-state index in [4.69, 9.17) is 4.74 Å². The molecule has 9 heteroatoms. The van der Waals surface area contributed by atoms with Gasteiger partial charge in [-0.05, 0) is 33.3 Å². The van der Waals surface area contributed by atoms with Crippen LogP contribution in [0.3, 0.4) is 0 Å². The summed E-state index contributed by atoms with van der Waals surface area (Å²) in [6.07, 6.45) is 4.52. The number of carbonyl (C=O) groups excluding carboxylic acids is 1. The molecule has 2 N–H and O–H groups in total. The number of ether oxygens (including phenoxy) is 1. The summed E-state index contributed by atoms with van der Waals surface area (Å²) in [5.74, 6) is 0.813. The zero-order valence-corrected chi connectivity index (χ0v) is 17.6. The average molecular weight is 394 g/mol. The van der Waals surface area contributed by atoms with Crippen molar-refractivity contribution in [2.24, 2.45) is 4.99 Å². The Labute approximate surface area is 168 Å². The van der Waals surface area contributed by atoms with E-state index in [-0.39, 0.29) is 6.09 Å². The second-order valence-corrected chi connectivity index (χ2v) is 7.86. The van der Waals surface area contributed by atoms with Gasteiger partial charge in [-0.3, -0.25) is 14.6 Å². The first kappa shape index (κ1) is 22.0. The third-order valence-electron chi connectivity index (χ3n) is 4.38. The van der Waals surface area contributed by atoms with Gasteiger partial charge in [-0.25, -0.2) is 4.79 Å². The van der Waals surface area contributed by atoms with Crippen molar-refractivity contribution in [3.8, 4) is 0 Å². The Morgan fingerprint density at radius 3 is 2.46 bits per heavy atom. The number of aryl methyl sites for hydroxylation is 1. The first-order valence-corrected chi connectivity index (χ1v) is 9.99. The van der Waals surface area contributed by atoms with E-state index in [0.717, 1.165) is 51.6 Å². The number of piperazine rings is 1. The third kappa shape index (κ3) is 8.16. The van der Waals surface area contributed by atoms with Crippen molar-refractivity contribution in [2.45, 2.75) is 39.3 Å². The van der Waals surface area contributed by atoms with E-state index in [9.17, 15) is 4.79 Å². The summed E-state index contributed by atoms with van der Waals surface area (Å²) in [5.41, 5.74) is -0.445. The fourth-order valence-corrected chi connectivity index (χ4v) is 2.91. The van der Waals surface area contributed by atoms with Gasteiger partial charge in [0.05, 0.1) is 0 Å². The molecule has 0 aromatic carbocycles. The van der Waals surface area contributed by atoms with Crippen molar-refractivity contribution in [2.75, 3.05) is 52.9 Å². The monoisotopic (exact) mass is 393 g/mol. The topological polar surface area (TPSA) is 87.0 Å². The number of rotatable bonds is 7. The second kappa shape index (κ2) is 10.9. The number of hydrogen-bond donors (Lipinski definition) is 2. The molecule has 1 saturated heterocycles. The van der Waals surface area contributed by atoms with Gasteiger partial charge in [-0.15, -0.1) is 0 Å². The highest BCUT2D eigenvalue weighted by atomic mass is 16.6.